The zero-order valence-electron chi connectivity index (χ0n) is 14.3. The van der Waals surface area contributed by atoms with Crippen LogP contribution in [-0.2, 0) is 4.74 Å². The minimum atomic E-state index is -0.495. The minimum Gasteiger partial charge on any atom is -0.505 e. The number of hydrogen-bond donors (Lipinski definition) is 2. The van der Waals surface area contributed by atoms with E-state index in [0.29, 0.717) is 13.2 Å². The molecule has 0 aliphatic rings. The summed E-state index contributed by atoms with van der Waals surface area (Å²) in [5, 5.41) is 17.8. The predicted molar refractivity (Wildman–Crippen MR) is 127 cm³/mol. The molecule has 0 fully saturated rings. The Balaban J connectivity index is 0.000000516. The normalized spacial score (nSPS) is 10.3. The minimum absolute atomic E-state index is 0.0231. The molecular weight excluding hydrogens is 548 g/mol. The largest absolute Gasteiger partial charge is 0.505 e. The molecule has 2 aromatic rings. The maximum Gasteiger partial charge on any atom is 0.155 e. The number of hydrogen-bond acceptors (Lipinski definition) is 3. The van der Waals surface area contributed by atoms with Gasteiger partial charge < -0.3 is 14.9 Å². The lowest BCUT2D eigenvalue weighted by Crippen LogP contribution is -1.91. The maximum atomic E-state index is 9.74. The average molecular weight is 560 g/mol. The first-order valence-corrected chi connectivity index (χ1v) is 10.4. The molecule has 0 spiro atoms. The Labute approximate surface area is 207 Å². The summed E-state index contributed by atoms with van der Waals surface area (Å²) in [6, 6.07) is 0. The molecule has 2 N–H and O–H groups in total. The fourth-order valence-electron chi connectivity index (χ4n) is 1.91. The molecular formula is C18H12Cl8O3. The van der Waals surface area contributed by atoms with Gasteiger partial charge in [0.2, 0.25) is 0 Å². The van der Waals surface area contributed by atoms with Gasteiger partial charge in [-0.3, -0.25) is 0 Å². The lowest BCUT2D eigenvalue weighted by atomic mass is 10.0. The monoisotopic (exact) mass is 556 g/mol. The third-order valence-electron chi connectivity index (χ3n) is 3.20. The standard InChI is InChI=1S/C12H2Cl8O2.C6H10O/c13-3-1(4(14)8(18)11(21)7(3)17)2-5(15)9(19)12(22)10(20)6(2)16;1-3-5-7-6-4-2/h21-22H;3-4H,1-2,5-6H2. The van der Waals surface area contributed by atoms with Crippen LogP contribution in [0, 0.1) is 0 Å². The lowest BCUT2D eigenvalue weighted by molar-refractivity contribution is 0.194. The van der Waals surface area contributed by atoms with Crippen molar-refractivity contribution in [2.75, 3.05) is 13.2 Å². The summed E-state index contributed by atoms with van der Waals surface area (Å²) in [5.74, 6) is -0.990. The first kappa shape index (κ1) is 26.8. The van der Waals surface area contributed by atoms with E-state index in [1.807, 2.05) is 0 Å². The molecule has 2 aromatic carbocycles. The van der Waals surface area contributed by atoms with E-state index in [2.05, 4.69) is 13.2 Å². The summed E-state index contributed by atoms with van der Waals surface area (Å²) in [6.45, 7) is 8.18. The second-order valence-corrected chi connectivity index (χ2v) is 8.10. The maximum absolute atomic E-state index is 9.74. The van der Waals surface area contributed by atoms with Gasteiger partial charge in [0, 0.05) is 11.1 Å². The molecule has 0 unspecified atom stereocenters. The van der Waals surface area contributed by atoms with Gasteiger partial charge in [-0.25, -0.2) is 0 Å². The van der Waals surface area contributed by atoms with E-state index in [9.17, 15) is 10.2 Å². The van der Waals surface area contributed by atoms with Crippen LogP contribution in [0.2, 0.25) is 40.2 Å². The average Bonchev–Trinajstić information content (AvgIpc) is 2.71. The van der Waals surface area contributed by atoms with Crippen LogP contribution in [-0.4, -0.2) is 23.4 Å². The summed E-state index contributed by atoms with van der Waals surface area (Å²) >= 11 is 48.0. The third kappa shape index (κ3) is 5.94. The fourth-order valence-corrected chi connectivity index (χ4v) is 3.98. The zero-order chi connectivity index (χ0) is 22.5. The molecule has 0 aliphatic carbocycles. The Hall–Kier alpha value is -0.200. The summed E-state index contributed by atoms with van der Waals surface area (Å²) < 4.78 is 4.90. The molecule has 0 bridgehead atoms. The number of phenolic OH excluding ortho intramolecular Hbond substituents is 2. The molecule has 11 heteroatoms. The molecule has 0 amide bonds. The highest BCUT2D eigenvalue weighted by atomic mass is 35.5. The molecule has 0 heterocycles. The summed E-state index contributed by atoms with van der Waals surface area (Å²) in [4.78, 5) is 0. The Morgan fingerprint density at radius 2 is 0.793 bits per heavy atom. The molecule has 0 aliphatic heterocycles. The van der Waals surface area contributed by atoms with E-state index in [4.69, 9.17) is 97.5 Å². The van der Waals surface area contributed by atoms with Gasteiger partial charge >= 0.3 is 0 Å². The quantitative estimate of drug-likeness (QED) is 0.218. The van der Waals surface area contributed by atoms with Gasteiger partial charge in [0.05, 0.1) is 33.3 Å². The molecule has 3 nitrogen and oxygen atoms in total. The van der Waals surface area contributed by atoms with Crippen LogP contribution in [0.3, 0.4) is 0 Å². The number of benzene rings is 2. The van der Waals surface area contributed by atoms with Crippen LogP contribution in [0.5, 0.6) is 11.5 Å². The van der Waals surface area contributed by atoms with Crippen molar-refractivity contribution >= 4 is 92.8 Å². The van der Waals surface area contributed by atoms with Gasteiger partial charge in [-0.15, -0.1) is 13.2 Å². The van der Waals surface area contributed by atoms with E-state index in [-0.39, 0.29) is 51.3 Å². The number of phenols is 2. The molecule has 0 saturated heterocycles. The van der Waals surface area contributed by atoms with E-state index in [0.717, 1.165) is 0 Å². The SMILES string of the molecule is C=CCOCC=C.Oc1c(Cl)c(Cl)c(-c2c(Cl)c(Cl)c(O)c(Cl)c2Cl)c(Cl)c1Cl. The van der Waals surface area contributed by atoms with Crippen molar-refractivity contribution in [2.45, 2.75) is 0 Å². The number of ether oxygens (including phenoxy) is 1. The summed E-state index contributed by atoms with van der Waals surface area (Å²) in [6.07, 6.45) is 3.42. The van der Waals surface area contributed by atoms with Gasteiger partial charge in [-0.05, 0) is 0 Å². The molecule has 2 rings (SSSR count). The van der Waals surface area contributed by atoms with Crippen molar-refractivity contribution in [3.63, 3.8) is 0 Å². The molecule has 29 heavy (non-hydrogen) atoms. The van der Waals surface area contributed by atoms with E-state index in [1.165, 1.54) is 0 Å². The second kappa shape index (κ2) is 12.0. The van der Waals surface area contributed by atoms with Crippen LogP contribution in [0.4, 0.5) is 0 Å². The predicted octanol–water partition coefficient (Wildman–Crippen LogP) is 9.37. The van der Waals surface area contributed by atoms with Crippen molar-refractivity contribution in [2.24, 2.45) is 0 Å². The van der Waals surface area contributed by atoms with Crippen LogP contribution >= 0.6 is 92.8 Å². The summed E-state index contributed by atoms with van der Waals surface area (Å²) in [7, 11) is 0. The van der Waals surface area contributed by atoms with Gasteiger partial charge in [0.25, 0.3) is 0 Å². The van der Waals surface area contributed by atoms with Gasteiger partial charge in [-0.1, -0.05) is 105 Å². The number of halogens is 8. The van der Waals surface area contributed by atoms with Gasteiger partial charge in [-0.2, -0.15) is 0 Å². The highest BCUT2D eigenvalue weighted by Crippen LogP contribution is 2.56. The van der Waals surface area contributed by atoms with E-state index in [1.54, 1.807) is 12.2 Å². The molecule has 0 atom stereocenters. The fraction of sp³-hybridized carbons (Fsp3) is 0.111. The Bertz CT molecular complexity index is 810. The van der Waals surface area contributed by atoms with Crippen molar-refractivity contribution in [1.82, 2.24) is 0 Å². The smallest absolute Gasteiger partial charge is 0.155 e. The van der Waals surface area contributed by atoms with Crippen LogP contribution < -0.4 is 0 Å². The van der Waals surface area contributed by atoms with Crippen LogP contribution in [0.15, 0.2) is 25.3 Å². The van der Waals surface area contributed by atoms with E-state index < -0.39 is 11.5 Å². The lowest BCUT2D eigenvalue weighted by Gasteiger charge is -2.17. The van der Waals surface area contributed by atoms with Crippen LogP contribution in [0.1, 0.15) is 0 Å². The van der Waals surface area contributed by atoms with Crippen molar-refractivity contribution in [1.29, 1.82) is 0 Å². The van der Waals surface area contributed by atoms with Crippen molar-refractivity contribution in [3.8, 4) is 22.6 Å². The van der Waals surface area contributed by atoms with Gasteiger partial charge in [0.1, 0.15) is 20.1 Å². The third-order valence-corrected chi connectivity index (χ3v) is 6.57. The van der Waals surface area contributed by atoms with Crippen LogP contribution in [0.25, 0.3) is 11.1 Å². The zero-order valence-corrected chi connectivity index (χ0v) is 20.4. The Morgan fingerprint density at radius 1 is 0.552 bits per heavy atom. The molecule has 158 valence electrons. The summed E-state index contributed by atoms with van der Waals surface area (Å²) in [5.41, 5.74) is 0.0462. The Morgan fingerprint density at radius 3 is 1.00 bits per heavy atom. The highest BCUT2D eigenvalue weighted by Gasteiger charge is 2.28. The molecule has 0 radical (unpaired) electrons. The first-order valence-electron chi connectivity index (χ1n) is 7.42. The Kier molecular flexibility index (Phi) is 11.1. The second-order valence-electron chi connectivity index (χ2n) is 5.07. The van der Waals surface area contributed by atoms with Crippen molar-refractivity contribution in [3.05, 3.63) is 65.5 Å². The van der Waals surface area contributed by atoms with Gasteiger partial charge in [0.15, 0.2) is 11.5 Å². The number of aromatic hydroxyl groups is 2. The van der Waals surface area contributed by atoms with E-state index >= 15 is 0 Å². The highest BCUT2D eigenvalue weighted by molar-refractivity contribution is 6.55. The molecule has 0 saturated carbocycles. The van der Waals surface area contributed by atoms with Crippen molar-refractivity contribution < 1.29 is 14.9 Å². The topological polar surface area (TPSA) is 49.7 Å². The first-order chi connectivity index (χ1) is 13.5. The molecule has 0 aromatic heterocycles. The number of rotatable bonds is 5.